The molecular formula is C38H38F2N5O8PS2. The fourth-order valence-electron chi connectivity index (χ4n) is 6.03. The van der Waals surface area contributed by atoms with Gasteiger partial charge in [-0.3, -0.25) is 18.9 Å². The quantitative estimate of drug-likeness (QED) is 0.109. The summed E-state index contributed by atoms with van der Waals surface area (Å²) in [5.41, 5.74) is -4.59. The molecule has 3 aromatic carbocycles. The summed E-state index contributed by atoms with van der Waals surface area (Å²) in [6.45, 7) is 4.91. The van der Waals surface area contributed by atoms with Crippen LogP contribution in [-0.2, 0) is 31.2 Å². The number of amides is 4. The zero-order valence-corrected chi connectivity index (χ0v) is 32.9. The van der Waals surface area contributed by atoms with E-state index in [2.05, 4.69) is 15.6 Å². The number of aromatic nitrogens is 1. The van der Waals surface area contributed by atoms with E-state index >= 15 is 0 Å². The number of alkyl halides is 2. The molecule has 0 spiro atoms. The number of benzene rings is 3. The van der Waals surface area contributed by atoms with Gasteiger partial charge in [0.2, 0.25) is 5.91 Å². The van der Waals surface area contributed by atoms with Crippen LogP contribution in [0.3, 0.4) is 0 Å². The molecule has 4 amide bonds. The zero-order valence-electron chi connectivity index (χ0n) is 30.3. The number of nitrogens with one attached hydrogen (secondary N) is 2. The highest BCUT2D eigenvalue weighted by Gasteiger charge is 2.50. The zero-order chi connectivity index (χ0) is 40.4. The Hall–Kier alpha value is -5.06. The first-order chi connectivity index (χ1) is 26.4. The van der Waals surface area contributed by atoms with Gasteiger partial charge in [0.1, 0.15) is 18.7 Å². The molecule has 2 aromatic heterocycles. The Balaban J connectivity index is 1.24. The predicted molar refractivity (Wildman–Crippen MR) is 208 cm³/mol. The minimum atomic E-state index is -5.82. The number of thiazole rings is 1. The van der Waals surface area contributed by atoms with Crippen LogP contribution < -0.4 is 10.6 Å². The van der Waals surface area contributed by atoms with E-state index in [1.54, 1.807) is 39.1 Å². The van der Waals surface area contributed by atoms with Gasteiger partial charge in [0.25, 0.3) is 11.8 Å². The minimum absolute atomic E-state index is 0.000331. The lowest BCUT2D eigenvalue weighted by Crippen LogP contribution is -2.65. The first kappa shape index (κ1) is 40.6. The van der Waals surface area contributed by atoms with Gasteiger partial charge in [0.15, 0.2) is 5.13 Å². The molecule has 1 aliphatic heterocycles. The summed E-state index contributed by atoms with van der Waals surface area (Å²) < 4.78 is 46.3. The smallest absolute Gasteiger partial charge is 0.410 e. The van der Waals surface area contributed by atoms with Crippen LogP contribution in [0.4, 0.5) is 18.7 Å². The Morgan fingerprint density at radius 3 is 2.30 bits per heavy atom. The van der Waals surface area contributed by atoms with Gasteiger partial charge in [-0.2, -0.15) is 8.78 Å². The largest absolute Gasteiger partial charge is 0.445 e. The van der Waals surface area contributed by atoms with Crippen molar-refractivity contribution in [2.75, 3.05) is 25.0 Å². The standard InChI is InChI=1S/C38H38F2N5O8PS2/c1-37(2,3)31(42-33(47)29-19-25-18-26(14-15-28(25)55-29)38(39,40)54(50,51)52)34(48)45-17-16-44(36(49)53-22-23-10-6-4-7-11-23)21-27(45)32(46)43-35-41-20-30(56-35)24-12-8-5-9-13-24/h4-15,18-20,27,31H,16-17,21-22H2,1-3H3,(H,42,47)(H,41,43,46)(H2,50,51,52). The maximum Gasteiger partial charge on any atom is 0.410 e. The second-order valence-electron chi connectivity index (χ2n) is 14.1. The van der Waals surface area contributed by atoms with E-state index in [4.69, 9.17) is 4.74 Å². The van der Waals surface area contributed by atoms with Crippen molar-refractivity contribution in [3.63, 3.8) is 0 Å². The number of carbonyl (C=O) groups is 4. The number of nitrogens with zero attached hydrogens (tertiary/aromatic N) is 3. The van der Waals surface area contributed by atoms with Gasteiger partial charge in [0.05, 0.1) is 16.3 Å². The summed E-state index contributed by atoms with van der Waals surface area (Å²) in [5, 5.41) is 5.98. The third-order valence-corrected chi connectivity index (χ3v) is 12.1. The van der Waals surface area contributed by atoms with Crippen LogP contribution in [0, 0.1) is 5.41 Å². The van der Waals surface area contributed by atoms with E-state index in [0.29, 0.717) is 4.70 Å². The predicted octanol–water partition coefficient (Wildman–Crippen LogP) is 6.88. The van der Waals surface area contributed by atoms with Crippen LogP contribution in [-0.4, -0.2) is 80.1 Å². The van der Waals surface area contributed by atoms with E-state index in [0.717, 1.165) is 39.5 Å². The van der Waals surface area contributed by atoms with Crippen molar-refractivity contribution in [1.82, 2.24) is 20.1 Å². The first-order valence-corrected chi connectivity index (χ1v) is 20.5. The van der Waals surface area contributed by atoms with Crippen molar-refractivity contribution in [3.8, 4) is 10.4 Å². The van der Waals surface area contributed by atoms with Crippen molar-refractivity contribution >= 4 is 69.3 Å². The van der Waals surface area contributed by atoms with Gasteiger partial charge >= 0.3 is 19.4 Å². The number of hydrogen-bond acceptors (Lipinski definition) is 9. The third-order valence-electron chi connectivity index (χ3n) is 9.07. The van der Waals surface area contributed by atoms with Gasteiger partial charge in [-0.25, -0.2) is 9.78 Å². The molecule has 18 heteroatoms. The SMILES string of the molecule is CC(C)(C)C(NC(=O)c1cc2cc(C(F)(F)P(=O)(O)O)ccc2s1)C(=O)N1CCN(C(=O)OCc2ccccc2)CC1C(=O)Nc1ncc(-c2ccccc2)s1. The van der Waals surface area contributed by atoms with Gasteiger partial charge in [-0.15, -0.1) is 11.3 Å². The number of anilines is 1. The fraction of sp³-hybridized carbons (Fsp3) is 0.289. The van der Waals surface area contributed by atoms with Crippen LogP contribution >= 0.6 is 30.3 Å². The molecule has 0 radical (unpaired) electrons. The van der Waals surface area contributed by atoms with Crippen LogP contribution in [0.15, 0.2) is 91.1 Å². The van der Waals surface area contributed by atoms with Crippen molar-refractivity contribution in [1.29, 1.82) is 0 Å². The van der Waals surface area contributed by atoms with Crippen molar-refractivity contribution < 1.29 is 47.0 Å². The number of carbonyl (C=O) groups excluding carboxylic acids is 4. The van der Waals surface area contributed by atoms with Crippen molar-refractivity contribution in [2.45, 2.75) is 45.1 Å². The number of thiophene rings is 1. The minimum Gasteiger partial charge on any atom is -0.445 e. The number of halogens is 2. The molecule has 13 nitrogen and oxygen atoms in total. The lowest BCUT2D eigenvalue weighted by molar-refractivity contribution is -0.145. The summed E-state index contributed by atoms with van der Waals surface area (Å²) in [7, 11) is -5.82. The van der Waals surface area contributed by atoms with Crippen LogP contribution in [0.1, 0.15) is 41.6 Å². The highest BCUT2D eigenvalue weighted by Crippen LogP contribution is 2.59. The molecule has 4 N–H and O–H groups in total. The van der Waals surface area contributed by atoms with Crippen molar-refractivity contribution in [2.24, 2.45) is 5.41 Å². The second kappa shape index (κ2) is 16.2. The van der Waals surface area contributed by atoms with Crippen LogP contribution in [0.2, 0.25) is 0 Å². The number of piperazine rings is 1. The van der Waals surface area contributed by atoms with E-state index in [9.17, 15) is 42.3 Å². The Morgan fingerprint density at radius 2 is 1.64 bits per heavy atom. The molecule has 56 heavy (non-hydrogen) atoms. The molecule has 3 heterocycles. The molecule has 1 aliphatic rings. The summed E-state index contributed by atoms with van der Waals surface area (Å²) in [5.74, 6) is -1.92. The van der Waals surface area contributed by atoms with Crippen LogP contribution in [0.25, 0.3) is 20.5 Å². The summed E-state index contributed by atoms with van der Waals surface area (Å²) in [6.07, 6.45) is 0.946. The maximum absolute atomic E-state index is 14.5. The fourth-order valence-corrected chi connectivity index (χ4v) is 8.28. The highest BCUT2D eigenvalue weighted by atomic mass is 32.1. The molecule has 0 saturated carbocycles. The average Bonchev–Trinajstić information content (AvgIpc) is 3.82. The lowest BCUT2D eigenvalue weighted by atomic mass is 9.85. The van der Waals surface area contributed by atoms with Gasteiger partial charge < -0.3 is 35.0 Å². The van der Waals surface area contributed by atoms with E-state index in [1.807, 2.05) is 48.5 Å². The number of rotatable bonds is 10. The van der Waals surface area contributed by atoms with Crippen molar-refractivity contribution in [3.05, 3.63) is 107 Å². The van der Waals surface area contributed by atoms with Gasteiger partial charge in [-0.1, -0.05) is 98.8 Å². The van der Waals surface area contributed by atoms with E-state index < -0.39 is 60.1 Å². The Bertz CT molecular complexity index is 2290. The number of hydrogen-bond donors (Lipinski definition) is 4. The number of ether oxygens (including phenoxy) is 1. The molecule has 0 aliphatic carbocycles. The monoisotopic (exact) mass is 825 g/mol. The molecular weight excluding hydrogens is 788 g/mol. The molecule has 5 aromatic rings. The van der Waals surface area contributed by atoms with E-state index in [-0.39, 0.29) is 41.6 Å². The molecule has 0 bridgehead atoms. The molecule has 1 saturated heterocycles. The normalized spacial score (nSPS) is 15.7. The summed E-state index contributed by atoms with van der Waals surface area (Å²) >= 11 is 2.18. The topological polar surface area (TPSA) is 178 Å². The first-order valence-electron chi connectivity index (χ1n) is 17.3. The van der Waals surface area contributed by atoms with Gasteiger partial charge in [-0.05, 0) is 40.1 Å². The Labute approximate surface area is 328 Å². The second-order valence-corrected chi connectivity index (χ2v) is 17.9. The van der Waals surface area contributed by atoms with Gasteiger partial charge in [0, 0.05) is 29.5 Å². The highest BCUT2D eigenvalue weighted by molar-refractivity contribution is 7.52. The molecule has 1 fully saturated rings. The molecule has 294 valence electrons. The molecule has 6 rings (SSSR count). The summed E-state index contributed by atoms with van der Waals surface area (Å²) in [6, 6.07) is 20.4. The average molecular weight is 826 g/mol. The summed E-state index contributed by atoms with van der Waals surface area (Å²) in [4.78, 5) is 81.8. The third kappa shape index (κ3) is 8.98. The lowest BCUT2D eigenvalue weighted by Gasteiger charge is -2.43. The maximum atomic E-state index is 14.5. The van der Waals surface area contributed by atoms with Crippen LogP contribution in [0.5, 0.6) is 0 Å². The van der Waals surface area contributed by atoms with E-state index in [1.165, 1.54) is 33.3 Å². The Kier molecular flexibility index (Phi) is 11.7. The molecule has 2 unspecified atom stereocenters. The Morgan fingerprint density at radius 1 is 0.964 bits per heavy atom. The molecule has 2 atom stereocenters. The number of fused-ring (bicyclic) bond motifs is 1.